The van der Waals surface area contributed by atoms with Crippen LogP contribution in [0.25, 0.3) is 0 Å². The minimum absolute atomic E-state index is 0.00241. The number of likely N-dealkylation sites (tertiary alicyclic amines) is 1. The average molecular weight is 510 g/mol. The van der Waals surface area contributed by atoms with Crippen molar-refractivity contribution in [2.24, 2.45) is 5.92 Å². The van der Waals surface area contributed by atoms with Gasteiger partial charge < -0.3 is 10.0 Å². The van der Waals surface area contributed by atoms with Crippen LogP contribution < -0.4 is 0 Å². The van der Waals surface area contributed by atoms with E-state index in [4.69, 9.17) is 0 Å². The standard InChI is InChI=1S/C28H32F5NO2/c1-3-4-5-24(35)25(36)34-16-21-9-8-19-14-20(26(2,30)28(31,32)33)10-13-23(19)27(21,17-34)15-18-6-11-22(29)12-7-18/h6-7,10-14,21,24,35H,3-5,8-9,15-17H2,1-2H3. The highest BCUT2D eigenvalue weighted by Crippen LogP contribution is 2.51. The number of aryl methyl sites for hydroxylation is 1. The first kappa shape index (κ1) is 26.6. The number of nitrogens with zero attached hydrogens (tertiary/aromatic N) is 1. The summed E-state index contributed by atoms with van der Waals surface area (Å²) in [5, 5.41) is 10.5. The van der Waals surface area contributed by atoms with Gasteiger partial charge in [-0.1, -0.05) is 50.1 Å². The van der Waals surface area contributed by atoms with E-state index in [1.54, 1.807) is 23.1 Å². The minimum Gasteiger partial charge on any atom is -0.383 e. The number of carbonyl (C=O) groups is 1. The second-order valence-electron chi connectivity index (χ2n) is 10.4. The zero-order chi connectivity index (χ0) is 26.3. The normalized spacial score (nSPS) is 24.1. The van der Waals surface area contributed by atoms with E-state index in [-0.39, 0.29) is 24.2 Å². The van der Waals surface area contributed by atoms with Crippen molar-refractivity contribution >= 4 is 5.91 Å². The summed E-state index contributed by atoms with van der Waals surface area (Å²) in [5.41, 5.74) is -2.28. The molecule has 1 saturated heterocycles. The van der Waals surface area contributed by atoms with Crippen LogP contribution >= 0.6 is 0 Å². The Balaban J connectivity index is 1.74. The maximum absolute atomic E-state index is 14.8. The molecule has 4 rings (SSSR count). The Bertz CT molecular complexity index is 1100. The highest BCUT2D eigenvalue weighted by Gasteiger charge is 2.55. The third kappa shape index (κ3) is 4.76. The fourth-order valence-corrected chi connectivity index (χ4v) is 5.88. The predicted molar refractivity (Wildman–Crippen MR) is 127 cm³/mol. The van der Waals surface area contributed by atoms with Crippen LogP contribution in [0.15, 0.2) is 42.5 Å². The van der Waals surface area contributed by atoms with E-state index in [1.165, 1.54) is 24.3 Å². The van der Waals surface area contributed by atoms with Gasteiger partial charge in [0.05, 0.1) is 0 Å². The second kappa shape index (κ2) is 9.77. The largest absolute Gasteiger partial charge is 0.426 e. The Labute approximate surface area is 208 Å². The van der Waals surface area contributed by atoms with E-state index in [1.807, 2.05) is 6.92 Å². The van der Waals surface area contributed by atoms with Crippen LogP contribution in [0, 0.1) is 11.7 Å². The topological polar surface area (TPSA) is 40.5 Å². The second-order valence-corrected chi connectivity index (χ2v) is 10.4. The number of aliphatic hydroxyl groups is 1. The van der Waals surface area contributed by atoms with Crippen molar-refractivity contribution in [2.45, 2.75) is 75.7 Å². The number of aliphatic hydroxyl groups excluding tert-OH is 1. The van der Waals surface area contributed by atoms with Crippen molar-refractivity contribution in [3.63, 3.8) is 0 Å². The molecule has 4 atom stereocenters. The van der Waals surface area contributed by atoms with E-state index in [9.17, 15) is 31.9 Å². The van der Waals surface area contributed by atoms with Crippen LogP contribution in [0.1, 0.15) is 61.8 Å². The molecular formula is C28H32F5NO2. The summed E-state index contributed by atoms with van der Waals surface area (Å²) in [6.07, 6.45) is -2.68. The molecule has 2 aliphatic rings. The molecule has 0 saturated carbocycles. The monoisotopic (exact) mass is 509 g/mol. The molecule has 8 heteroatoms. The number of benzene rings is 2. The van der Waals surface area contributed by atoms with Gasteiger partial charge in [0.1, 0.15) is 11.9 Å². The van der Waals surface area contributed by atoms with Crippen LogP contribution in [0.3, 0.4) is 0 Å². The van der Waals surface area contributed by atoms with Gasteiger partial charge in [0.2, 0.25) is 5.67 Å². The molecule has 36 heavy (non-hydrogen) atoms. The zero-order valence-corrected chi connectivity index (χ0v) is 20.5. The van der Waals surface area contributed by atoms with Crippen LogP contribution in [0.4, 0.5) is 22.0 Å². The van der Waals surface area contributed by atoms with E-state index in [0.29, 0.717) is 44.7 Å². The summed E-state index contributed by atoms with van der Waals surface area (Å²) < 4.78 is 68.5. The first-order chi connectivity index (χ1) is 16.9. The molecule has 1 N–H and O–H groups in total. The average Bonchev–Trinajstić information content (AvgIpc) is 3.22. The van der Waals surface area contributed by atoms with Gasteiger partial charge in [-0.05, 0) is 72.9 Å². The molecule has 1 fully saturated rings. The lowest BCUT2D eigenvalue weighted by Gasteiger charge is -2.41. The third-order valence-electron chi connectivity index (χ3n) is 8.03. The summed E-state index contributed by atoms with van der Waals surface area (Å²) in [5.74, 6) is -0.719. The van der Waals surface area contributed by atoms with Gasteiger partial charge in [-0.2, -0.15) is 13.2 Å². The number of unbranched alkanes of at least 4 members (excludes halogenated alkanes) is 1. The molecule has 196 valence electrons. The summed E-state index contributed by atoms with van der Waals surface area (Å²) in [4.78, 5) is 14.8. The van der Waals surface area contributed by atoms with Crippen molar-refractivity contribution < 1.29 is 31.9 Å². The van der Waals surface area contributed by atoms with Crippen molar-refractivity contribution in [2.75, 3.05) is 13.1 Å². The number of alkyl halides is 4. The lowest BCUT2D eigenvalue weighted by molar-refractivity contribution is -0.228. The number of rotatable bonds is 7. The van der Waals surface area contributed by atoms with Gasteiger partial charge in [0, 0.05) is 18.5 Å². The highest BCUT2D eigenvalue weighted by atomic mass is 19.4. The maximum Gasteiger partial charge on any atom is 0.426 e. The van der Waals surface area contributed by atoms with Crippen LogP contribution in [0.2, 0.25) is 0 Å². The molecule has 0 spiro atoms. The fraction of sp³-hybridized carbons (Fsp3) is 0.536. The van der Waals surface area contributed by atoms with E-state index < -0.39 is 28.9 Å². The highest BCUT2D eigenvalue weighted by molar-refractivity contribution is 5.81. The molecule has 0 aromatic heterocycles. The lowest BCUT2D eigenvalue weighted by atomic mass is 9.62. The quantitative estimate of drug-likeness (QED) is 0.465. The van der Waals surface area contributed by atoms with E-state index in [0.717, 1.165) is 24.0 Å². The van der Waals surface area contributed by atoms with E-state index >= 15 is 0 Å². The molecule has 1 aliphatic carbocycles. The van der Waals surface area contributed by atoms with Gasteiger partial charge in [0.15, 0.2) is 0 Å². The minimum atomic E-state index is -5.05. The maximum atomic E-state index is 14.8. The SMILES string of the molecule is CCCCC(O)C(=O)N1CC2CCc3cc(C(C)(F)C(F)(F)F)ccc3C2(Cc2ccc(F)cc2)C1. The smallest absolute Gasteiger partial charge is 0.383 e. The van der Waals surface area contributed by atoms with Crippen molar-refractivity contribution in [1.29, 1.82) is 0 Å². The summed E-state index contributed by atoms with van der Waals surface area (Å²) in [7, 11) is 0. The van der Waals surface area contributed by atoms with Gasteiger partial charge in [-0.25, -0.2) is 8.78 Å². The summed E-state index contributed by atoms with van der Waals surface area (Å²) in [6, 6.07) is 10.1. The predicted octanol–water partition coefficient (Wildman–Crippen LogP) is 6.01. The Morgan fingerprint density at radius 2 is 1.86 bits per heavy atom. The van der Waals surface area contributed by atoms with Gasteiger partial charge in [-0.3, -0.25) is 4.79 Å². The third-order valence-corrected chi connectivity index (χ3v) is 8.03. The molecular weight excluding hydrogens is 477 g/mol. The molecule has 2 aromatic carbocycles. The lowest BCUT2D eigenvalue weighted by Crippen LogP contribution is -2.43. The van der Waals surface area contributed by atoms with Crippen molar-refractivity contribution in [1.82, 2.24) is 4.90 Å². The first-order valence-electron chi connectivity index (χ1n) is 12.5. The summed E-state index contributed by atoms with van der Waals surface area (Å²) >= 11 is 0. The molecule has 4 unspecified atom stereocenters. The summed E-state index contributed by atoms with van der Waals surface area (Å²) in [6.45, 7) is 3.22. The van der Waals surface area contributed by atoms with Crippen LogP contribution in [0.5, 0.6) is 0 Å². The Morgan fingerprint density at radius 3 is 2.50 bits per heavy atom. The Hall–Kier alpha value is -2.48. The molecule has 1 aliphatic heterocycles. The number of amides is 1. The van der Waals surface area contributed by atoms with Crippen LogP contribution in [-0.4, -0.2) is 41.3 Å². The molecule has 1 heterocycles. The molecule has 0 bridgehead atoms. The number of hydrogen-bond donors (Lipinski definition) is 1. The molecule has 1 amide bonds. The van der Waals surface area contributed by atoms with Crippen LogP contribution in [-0.2, 0) is 28.7 Å². The number of halogens is 5. The number of fused-ring (bicyclic) bond motifs is 3. The van der Waals surface area contributed by atoms with Gasteiger partial charge in [0.25, 0.3) is 5.91 Å². The van der Waals surface area contributed by atoms with Gasteiger partial charge in [-0.15, -0.1) is 0 Å². The number of carbonyl (C=O) groups excluding carboxylic acids is 1. The number of hydrogen-bond acceptors (Lipinski definition) is 2. The molecule has 0 radical (unpaired) electrons. The van der Waals surface area contributed by atoms with Crippen molar-refractivity contribution in [3.8, 4) is 0 Å². The van der Waals surface area contributed by atoms with Gasteiger partial charge >= 0.3 is 6.18 Å². The molecule has 2 aromatic rings. The van der Waals surface area contributed by atoms with E-state index in [2.05, 4.69) is 0 Å². The Kier molecular flexibility index (Phi) is 7.21. The zero-order valence-electron chi connectivity index (χ0n) is 20.5. The first-order valence-corrected chi connectivity index (χ1v) is 12.5. The fourth-order valence-electron chi connectivity index (χ4n) is 5.88. The molecule has 3 nitrogen and oxygen atoms in total. The Morgan fingerprint density at radius 1 is 1.17 bits per heavy atom. The van der Waals surface area contributed by atoms with Crippen molar-refractivity contribution in [3.05, 3.63) is 70.5 Å².